The molecule has 1 aromatic rings. The minimum Gasteiger partial charge on any atom is -0.383 e. The van der Waals surface area contributed by atoms with Crippen molar-refractivity contribution < 1.29 is 18.3 Å². The van der Waals surface area contributed by atoms with E-state index < -0.39 is 12.3 Å². The first-order valence-corrected chi connectivity index (χ1v) is 7.25. The zero-order valence-electron chi connectivity index (χ0n) is 8.98. The lowest BCUT2D eigenvalue weighted by molar-refractivity contribution is -0.195. The molecule has 0 bridgehead atoms. The summed E-state index contributed by atoms with van der Waals surface area (Å²) in [5.74, 6) is 0.473. The Kier molecular flexibility index (Phi) is 6.22. The molecule has 0 fully saturated rings. The largest absolute Gasteiger partial charge is 0.415 e. The Bertz CT molecular complexity index is 316. The van der Waals surface area contributed by atoms with Gasteiger partial charge in [0, 0.05) is 16.6 Å². The monoisotopic (exact) mass is 282 g/mol. The molecule has 0 aliphatic heterocycles. The van der Waals surface area contributed by atoms with Crippen molar-refractivity contribution in [2.75, 3.05) is 10.8 Å². The lowest BCUT2D eigenvalue weighted by Crippen LogP contribution is -2.30. The number of benzene rings is 1. The van der Waals surface area contributed by atoms with Gasteiger partial charge in [0.15, 0.2) is 6.10 Å². The van der Waals surface area contributed by atoms with E-state index in [4.69, 9.17) is 5.11 Å². The summed E-state index contributed by atoms with van der Waals surface area (Å²) < 4.78 is 35.9. The van der Waals surface area contributed by atoms with Crippen molar-refractivity contribution in [3.63, 3.8) is 0 Å². The van der Waals surface area contributed by atoms with Crippen molar-refractivity contribution in [2.45, 2.75) is 18.0 Å². The van der Waals surface area contributed by atoms with E-state index in [1.54, 1.807) is 11.8 Å². The number of rotatable bonds is 6. The molecule has 1 N–H and O–H groups in total. The third-order valence-electron chi connectivity index (χ3n) is 1.93. The predicted octanol–water partition coefficient (Wildman–Crippen LogP) is 3.53. The molecular weight excluding hydrogens is 269 g/mol. The van der Waals surface area contributed by atoms with Crippen LogP contribution in [0.2, 0.25) is 0 Å². The Morgan fingerprint density at radius 3 is 2.35 bits per heavy atom. The van der Waals surface area contributed by atoms with Crippen molar-refractivity contribution in [2.24, 2.45) is 0 Å². The van der Waals surface area contributed by atoms with E-state index >= 15 is 0 Å². The Balaban J connectivity index is 2.09. The smallest absolute Gasteiger partial charge is 0.383 e. The molecule has 6 heteroatoms. The summed E-state index contributed by atoms with van der Waals surface area (Å²) in [5.41, 5.74) is 1.15. The Morgan fingerprint density at radius 2 is 1.76 bits per heavy atom. The van der Waals surface area contributed by atoms with Gasteiger partial charge in [-0.05, 0) is 5.56 Å². The molecule has 0 aromatic heterocycles. The molecule has 0 aliphatic carbocycles. The van der Waals surface area contributed by atoms with E-state index in [9.17, 15) is 13.2 Å². The molecule has 17 heavy (non-hydrogen) atoms. The van der Waals surface area contributed by atoms with Crippen molar-refractivity contribution in [1.29, 1.82) is 0 Å². The van der Waals surface area contributed by atoms with Crippen LogP contribution in [0.25, 0.3) is 0 Å². The minimum atomic E-state index is -4.50. The molecule has 0 radical (unpaired) electrons. The molecule has 1 unspecified atom stereocenters. The average molecular weight is 282 g/mol. The zero-order chi connectivity index (χ0) is 12.7. The van der Waals surface area contributed by atoms with Crippen molar-refractivity contribution in [1.82, 2.24) is 0 Å². The second-order valence-electron chi connectivity index (χ2n) is 3.38. The van der Waals surface area contributed by atoms with Gasteiger partial charge in [0.1, 0.15) is 0 Å². The highest BCUT2D eigenvalue weighted by Crippen LogP contribution is 2.25. The van der Waals surface area contributed by atoms with Gasteiger partial charge in [-0.2, -0.15) is 13.2 Å². The van der Waals surface area contributed by atoms with Gasteiger partial charge >= 0.3 is 6.18 Å². The van der Waals surface area contributed by atoms with Crippen LogP contribution in [0.15, 0.2) is 30.3 Å². The standard InChI is InChI=1S/C11H13F3OS2/c12-11(13,14)10(15)7-17-8-16-6-9-4-2-1-3-5-9/h1-5,10,15H,6-8H2. The van der Waals surface area contributed by atoms with E-state index in [0.29, 0.717) is 5.08 Å². The number of hydrogen-bond acceptors (Lipinski definition) is 3. The zero-order valence-corrected chi connectivity index (χ0v) is 10.6. The van der Waals surface area contributed by atoms with Gasteiger partial charge in [0.05, 0.1) is 0 Å². The van der Waals surface area contributed by atoms with Crippen LogP contribution in [0.5, 0.6) is 0 Å². The molecule has 0 saturated heterocycles. The fourth-order valence-electron chi connectivity index (χ4n) is 1.05. The minimum absolute atomic E-state index is 0.300. The first kappa shape index (κ1) is 14.7. The summed E-state index contributed by atoms with van der Waals surface area (Å²) in [6.07, 6.45) is -6.72. The molecule has 96 valence electrons. The molecule has 1 aromatic carbocycles. The molecule has 1 rings (SSSR count). The van der Waals surface area contributed by atoms with Crippen LogP contribution in [0.4, 0.5) is 13.2 Å². The summed E-state index contributed by atoms with van der Waals surface area (Å²) >= 11 is 2.64. The van der Waals surface area contributed by atoms with Gasteiger partial charge in [-0.3, -0.25) is 0 Å². The maximum absolute atomic E-state index is 12.0. The maximum atomic E-state index is 12.0. The summed E-state index contributed by atoms with van der Waals surface area (Å²) in [7, 11) is 0. The lowest BCUT2D eigenvalue weighted by atomic mass is 10.2. The SMILES string of the molecule is OC(CSCSCc1ccccc1)C(F)(F)F. The number of alkyl halides is 3. The molecule has 0 saturated carbocycles. The van der Waals surface area contributed by atoms with E-state index in [-0.39, 0.29) is 5.75 Å². The van der Waals surface area contributed by atoms with Crippen LogP contribution in [0, 0.1) is 0 Å². The third-order valence-corrected chi connectivity index (χ3v) is 4.35. The first-order chi connectivity index (χ1) is 8.00. The van der Waals surface area contributed by atoms with E-state index in [1.165, 1.54) is 0 Å². The highest BCUT2D eigenvalue weighted by atomic mass is 32.2. The molecule has 0 aliphatic rings. The van der Waals surface area contributed by atoms with Crippen LogP contribution in [-0.4, -0.2) is 28.2 Å². The Morgan fingerprint density at radius 1 is 1.12 bits per heavy atom. The fourth-order valence-corrected chi connectivity index (χ4v) is 3.08. The highest BCUT2D eigenvalue weighted by Gasteiger charge is 2.37. The second kappa shape index (κ2) is 7.18. The molecule has 0 amide bonds. The van der Waals surface area contributed by atoms with Crippen LogP contribution in [0.3, 0.4) is 0 Å². The van der Waals surface area contributed by atoms with Crippen molar-refractivity contribution in [3.05, 3.63) is 35.9 Å². The average Bonchev–Trinajstić information content (AvgIpc) is 2.28. The second-order valence-corrected chi connectivity index (χ2v) is 5.76. The number of thioether (sulfide) groups is 2. The summed E-state index contributed by atoms with van der Waals surface area (Å²) in [4.78, 5) is 0. The number of halogens is 3. The number of aliphatic hydroxyl groups is 1. The molecule has 0 heterocycles. The lowest BCUT2D eigenvalue weighted by Gasteiger charge is -2.13. The summed E-state index contributed by atoms with van der Waals surface area (Å²) in [5, 5.41) is 9.29. The Labute approximate surface area is 107 Å². The topological polar surface area (TPSA) is 20.2 Å². The van der Waals surface area contributed by atoms with Crippen LogP contribution < -0.4 is 0 Å². The van der Waals surface area contributed by atoms with Crippen LogP contribution >= 0.6 is 23.5 Å². The summed E-state index contributed by atoms with van der Waals surface area (Å²) in [6.45, 7) is 0. The number of aliphatic hydroxyl groups excluding tert-OH is 1. The first-order valence-electron chi connectivity index (χ1n) is 4.94. The summed E-state index contributed by atoms with van der Waals surface area (Å²) in [6, 6.07) is 9.72. The van der Waals surface area contributed by atoms with Gasteiger partial charge in [-0.15, -0.1) is 23.5 Å². The van der Waals surface area contributed by atoms with Gasteiger partial charge in [-0.1, -0.05) is 30.3 Å². The Hall–Kier alpha value is -0.330. The van der Waals surface area contributed by atoms with Crippen molar-refractivity contribution >= 4 is 23.5 Å². The maximum Gasteiger partial charge on any atom is 0.415 e. The van der Waals surface area contributed by atoms with Gasteiger partial charge < -0.3 is 5.11 Å². The van der Waals surface area contributed by atoms with Gasteiger partial charge in [0.2, 0.25) is 0 Å². The van der Waals surface area contributed by atoms with E-state index in [0.717, 1.165) is 23.1 Å². The highest BCUT2D eigenvalue weighted by molar-refractivity contribution is 8.15. The number of hydrogen-bond donors (Lipinski definition) is 1. The van der Waals surface area contributed by atoms with Crippen LogP contribution in [-0.2, 0) is 5.75 Å². The third kappa shape index (κ3) is 6.24. The molecule has 0 spiro atoms. The quantitative estimate of drug-likeness (QED) is 0.636. The van der Waals surface area contributed by atoms with Crippen molar-refractivity contribution in [3.8, 4) is 0 Å². The van der Waals surface area contributed by atoms with Crippen LogP contribution in [0.1, 0.15) is 5.56 Å². The van der Waals surface area contributed by atoms with Gasteiger partial charge in [0.25, 0.3) is 0 Å². The molecular formula is C11H13F3OS2. The molecule has 1 nitrogen and oxygen atoms in total. The molecule has 1 atom stereocenters. The van der Waals surface area contributed by atoms with E-state index in [2.05, 4.69) is 0 Å². The predicted molar refractivity (Wildman–Crippen MR) is 67.1 cm³/mol. The normalized spacial score (nSPS) is 13.6. The fraction of sp³-hybridized carbons (Fsp3) is 0.455. The van der Waals surface area contributed by atoms with Gasteiger partial charge in [-0.25, -0.2) is 0 Å². The van der Waals surface area contributed by atoms with E-state index in [1.807, 2.05) is 30.3 Å².